The first-order chi connectivity index (χ1) is 13.6. The Morgan fingerprint density at radius 2 is 1.86 bits per heavy atom. The number of fused-ring (bicyclic) bond motifs is 1. The highest BCUT2D eigenvalue weighted by molar-refractivity contribution is 5.78. The minimum absolute atomic E-state index is 0.0173. The van der Waals surface area contributed by atoms with E-state index in [9.17, 15) is 9.18 Å². The van der Waals surface area contributed by atoms with Crippen LogP contribution in [-0.2, 0) is 17.9 Å². The minimum Gasteiger partial charge on any atom is -0.497 e. The van der Waals surface area contributed by atoms with E-state index in [1.54, 1.807) is 18.1 Å². The second-order valence-corrected chi connectivity index (χ2v) is 6.71. The maximum Gasteiger partial charge on any atom is 0.243 e. The van der Waals surface area contributed by atoms with Crippen molar-refractivity contribution >= 4 is 5.91 Å². The molecule has 1 amide bonds. The Morgan fingerprint density at radius 1 is 1.07 bits per heavy atom. The molecule has 3 aromatic rings. The molecule has 0 unspecified atom stereocenters. The van der Waals surface area contributed by atoms with Crippen molar-refractivity contribution in [3.8, 4) is 11.5 Å². The molecule has 1 aliphatic rings. The molecule has 6 heteroatoms. The lowest BCUT2D eigenvalue weighted by Crippen LogP contribution is -2.44. The molecular weight excluding hydrogens is 359 g/mol. The van der Waals surface area contributed by atoms with Crippen LogP contribution in [0.25, 0.3) is 0 Å². The van der Waals surface area contributed by atoms with Gasteiger partial charge in [0.05, 0.1) is 7.11 Å². The van der Waals surface area contributed by atoms with Crippen LogP contribution in [0.5, 0.6) is 11.5 Å². The van der Waals surface area contributed by atoms with Gasteiger partial charge < -0.3 is 18.9 Å². The average Bonchev–Trinajstić information content (AvgIpc) is 3.16. The van der Waals surface area contributed by atoms with Gasteiger partial charge in [0.1, 0.15) is 36.5 Å². The van der Waals surface area contributed by atoms with E-state index in [2.05, 4.69) is 0 Å². The number of amides is 1. The molecule has 5 nitrogen and oxygen atoms in total. The summed E-state index contributed by atoms with van der Waals surface area (Å²) in [5, 5.41) is 0. The van der Waals surface area contributed by atoms with Crippen molar-refractivity contribution in [1.29, 1.82) is 0 Å². The Balaban J connectivity index is 1.57. The van der Waals surface area contributed by atoms with Crippen LogP contribution in [0.3, 0.4) is 0 Å². The van der Waals surface area contributed by atoms with Crippen molar-refractivity contribution in [1.82, 2.24) is 9.47 Å². The highest BCUT2D eigenvalue weighted by atomic mass is 19.1. The SMILES string of the molecule is COc1ccc(OC[C@@H]2c3cccn3CC(=O)N2Cc2cccc(F)c2)cc1. The number of rotatable bonds is 6. The molecule has 1 aliphatic heterocycles. The number of halogens is 1. The van der Waals surface area contributed by atoms with Crippen LogP contribution in [0.1, 0.15) is 17.3 Å². The van der Waals surface area contributed by atoms with Crippen LogP contribution in [-0.4, -0.2) is 29.1 Å². The van der Waals surface area contributed by atoms with E-state index in [1.165, 1.54) is 12.1 Å². The number of benzene rings is 2. The van der Waals surface area contributed by atoms with E-state index in [0.717, 1.165) is 17.0 Å². The van der Waals surface area contributed by atoms with Crippen LogP contribution in [0.2, 0.25) is 0 Å². The Hall–Kier alpha value is -3.28. The summed E-state index contributed by atoms with van der Waals surface area (Å²) < 4.78 is 26.7. The molecule has 1 aromatic heterocycles. The molecular formula is C22H21FN2O3. The van der Waals surface area contributed by atoms with E-state index in [-0.39, 0.29) is 24.3 Å². The summed E-state index contributed by atoms with van der Waals surface area (Å²) in [6.07, 6.45) is 1.90. The summed E-state index contributed by atoms with van der Waals surface area (Å²) in [5.74, 6) is 1.12. The summed E-state index contributed by atoms with van der Waals surface area (Å²) in [6.45, 7) is 0.909. The van der Waals surface area contributed by atoms with Gasteiger partial charge in [-0.15, -0.1) is 0 Å². The monoisotopic (exact) mass is 380 g/mol. The fourth-order valence-electron chi connectivity index (χ4n) is 3.50. The fraction of sp³-hybridized carbons (Fsp3) is 0.227. The zero-order chi connectivity index (χ0) is 19.5. The smallest absolute Gasteiger partial charge is 0.243 e. The maximum atomic E-state index is 13.6. The van der Waals surface area contributed by atoms with Gasteiger partial charge in [-0.3, -0.25) is 4.79 Å². The first-order valence-corrected chi connectivity index (χ1v) is 9.10. The van der Waals surface area contributed by atoms with Gasteiger partial charge in [0.15, 0.2) is 0 Å². The second kappa shape index (κ2) is 7.76. The number of carbonyl (C=O) groups is 1. The molecule has 0 fully saturated rings. The largest absolute Gasteiger partial charge is 0.497 e. The molecule has 4 rings (SSSR count). The van der Waals surface area contributed by atoms with Crippen LogP contribution in [0.15, 0.2) is 66.9 Å². The third-order valence-electron chi connectivity index (χ3n) is 4.92. The lowest BCUT2D eigenvalue weighted by molar-refractivity contribution is -0.138. The Bertz CT molecular complexity index is 968. The van der Waals surface area contributed by atoms with Crippen LogP contribution in [0, 0.1) is 5.82 Å². The normalized spacial score (nSPS) is 16.0. The lowest BCUT2D eigenvalue weighted by Gasteiger charge is -2.36. The predicted octanol–water partition coefficient (Wildman–Crippen LogP) is 3.80. The molecule has 144 valence electrons. The lowest BCUT2D eigenvalue weighted by atomic mass is 10.1. The van der Waals surface area contributed by atoms with Gasteiger partial charge in [-0.1, -0.05) is 12.1 Å². The molecule has 2 heterocycles. The summed E-state index contributed by atoms with van der Waals surface area (Å²) >= 11 is 0. The first kappa shape index (κ1) is 18.1. The summed E-state index contributed by atoms with van der Waals surface area (Å²) in [6, 6.07) is 17.3. The molecule has 0 saturated carbocycles. The number of hydrogen-bond acceptors (Lipinski definition) is 3. The Labute approximate surface area is 162 Å². The molecule has 0 spiro atoms. The average molecular weight is 380 g/mol. The molecule has 0 saturated heterocycles. The minimum atomic E-state index is -0.309. The molecule has 2 aromatic carbocycles. The Morgan fingerprint density at radius 3 is 2.61 bits per heavy atom. The third-order valence-corrected chi connectivity index (χ3v) is 4.92. The Kier molecular flexibility index (Phi) is 5.02. The summed E-state index contributed by atoms with van der Waals surface area (Å²) in [4.78, 5) is 14.5. The van der Waals surface area contributed by atoms with E-state index in [4.69, 9.17) is 9.47 Å². The standard InChI is InChI=1S/C22H21FN2O3/c1-27-18-7-9-19(10-8-18)28-15-21-20-6-3-11-24(20)14-22(26)25(21)13-16-4-2-5-17(23)12-16/h2-12,21H,13-15H2,1H3/t21-/m1/s1. The molecule has 0 N–H and O–H groups in total. The van der Waals surface area contributed by atoms with Crippen LogP contribution in [0.4, 0.5) is 4.39 Å². The van der Waals surface area contributed by atoms with Gasteiger partial charge >= 0.3 is 0 Å². The van der Waals surface area contributed by atoms with Gasteiger partial charge in [-0.2, -0.15) is 0 Å². The van der Waals surface area contributed by atoms with Gasteiger partial charge in [-0.25, -0.2) is 4.39 Å². The zero-order valence-corrected chi connectivity index (χ0v) is 15.5. The highest BCUT2D eigenvalue weighted by Gasteiger charge is 2.33. The maximum absolute atomic E-state index is 13.6. The van der Waals surface area contributed by atoms with Gasteiger partial charge in [0.25, 0.3) is 0 Å². The molecule has 0 radical (unpaired) electrons. The van der Waals surface area contributed by atoms with E-state index < -0.39 is 0 Å². The van der Waals surface area contributed by atoms with E-state index in [0.29, 0.717) is 18.9 Å². The quantitative estimate of drug-likeness (QED) is 0.653. The van der Waals surface area contributed by atoms with Crippen molar-refractivity contribution in [2.45, 2.75) is 19.1 Å². The van der Waals surface area contributed by atoms with Gasteiger partial charge in [-0.05, 0) is 54.1 Å². The van der Waals surface area contributed by atoms with Crippen LogP contribution < -0.4 is 9.47 Å². The van der Waals surface area contributed by atoms with Crippen molar-refractivity contribution < 1.29 is 18.7 Å². The molecule has 0 bridgehead atoms. The van der Waals surface area contributed by atoms with E-state index >= 15 is 0 Å². The second-order valence-electron chi connectivity index (χ2n) is 6.71. The fourth-order valence-corrected chi connectivity index (χ4v) is 3.50. The van der Waals surface area contributed by atoms with Crippen molar-refractivity contribution in [3.05, 3.63) is 83.9 Å². The topological polar surface area (TPSA) is 43.7 Å². The van der Waals surface area contributed by atoms with Crippen molar-refractivity contribution in [3.63, 3.8) is 0 Å². The number of ether oxygens (including phenoxy) is 2. The van der Waals surface area contributed by atoms with Gasteiger partial charge in [0.2, 0.25) is 5.91 Å². The van der Waals surface area contributed by atoms with Gasteiger partial charge in [0, 0.05) is 18.4 Å². The number of methoxy groups -OCH3 is 1. The van der Waals surface area contributed by atoms with Crippen molar-refractivity contribution in [2.24, 2.45) is 0 Å². The molecule has 1 atom stereocenters. The van der Waals surface area contributed by atoms with E-state index in [1.807, 2.05) is 53.2 Å². The first-order valence-electron chi connectivity index (χ1n) is 9.10. The number of nitrogens with zero attached hydrogens (tertiary/aromatic N) is 2. The highest BCUT2D eigenvalue weighted by Crippen LogP contribution is 2.30. The molecule has 0 aliphatic carbocycles. The predicted molar refractivity (Wildman–Crippen MR) is 103 cm³/mol. The number of carbonyl (C=O) groups excluding carboxylic acids is 1. The summed E-state index contributed by atoms with van der Waals surface area (Å²) in [5.41, 5.74) is 1.76. The van der Waals surface area contributed by atoms with Crippen LogP contribution >= 0.6 is 0 Å². The number of hydrogen-bond donors (Lipinski definition) is 0. The number of aromatic nitrogens is 1. The molecule has 28 heavy (non-hydrogen) atoms. The van der Waals surface area contributed by atoms with Crippen molar-refractivity contribution in [2.75, 3.05) is 13.7 Å². The third kappa shape index (κ3) is 3.71. The zero-order valence-electron chi connectivity index (χ0n) is 15.5. The summed E-state index contributed by atoms with van der Waals surface area (Å²) in [7, 11) is 1.61.